The highest BCUT2D eigenvalue weighted by molar-refractivity contribution is 7.89. The lowest BCUT2D eigenvalue weighted by atomic mass is 9.93. The van der Waals surface area contributed by atoms with Crippen LogP contribution in [0.1, 0.15) is 25.7 Å². The van der Waals surface area contributed by atoms with E-state index in [9.17, 15) is 8.42 Å². The van der Waals surface area contributed by atoms with Gasteiger partial charge in [0.25, 0.3) is 0 Å². The zero-order valence-electron chi connectivity index (χ0n) is 12.0. The molecule has 112 valence electrons. The minimum Gasteiger partial charge on any atom is -0.385 e. The lowest BCUT2D eigenvalue weighted by Gasteiger charge is -2.31. The molecule has 0 saturated carbocycles. The maximum Gasteiger partial charge on any atom is 0.243 e. The second-order valence-corrected chi connectivity index (χ2v) is 7.23. The number of sulfonamides is 1. The summed E-state index contributed by atoms with van der Waals surface area (Å²) >= 11 is 0. The maximum atomic E-state index is 12.5. The number of piperidine rings is 1. The van der Waals surface area contributed by atoms with Gasteiger partial charge in [0, 0.05) is 26.8 Å². The van der Waals surface area contributed by atoms with Crippen LogP contribution in [0.25, 0.3) is 0 Å². The zero-order chi connectivity index (χ0) is 14.4. The van der Waals surface area contributed by atoms with Gasteiger partial charge in [-0.25, -0.2) is 8.42 Å². The molecule has 1 aliphatic rings. The summed E-state index contributed by atoms with van der Waals surface area (Å²) in [7, 11) is -1.58. The van der Waals surface area contributed by atoms with E-state index in [1.165, 1.54) is 0 Å². The molecule has 0 unspecified atom stereocenters. The Morgan fingerprint density at radius 2 is 1.85 bits per heavy atom. The van der Waals surface area contributed by atoms with Crippen LogP contribution in [0, 0.1) is 5.92 Å². The number of benzene rings is 1. The van der Waals surface area contributed by atoms with Crippen LogP contribution in [0.15, 0.2) is 35.2 Å². The molecular weight excluding hydrogens is 274 g/mol. The van der Waals surface area contributed by atoms with Gasteiger partial charge in [-0.05, 0) is 43.7 Å². The van der Waals surface area contributed by atoms with Crippen LogP contribution in [0.4, 0.5) is 0 Å². The Morgan fingerprint density at radius 1 is 1.20 bits per heavy atom. The van der Waals surface area contributed by atoms with Gasteiger partial charge < -0.3 is 4.74 Å². The first-order chi connectivity index (χ1) is 9.64. The molecule has 0 N–H and O–H groups in total. The molecule has 0 atom stereocenters. The van der Waals surface area contributed by atoms with Crippen LogP contribution in [-0.4, -0.2) is 39.5 Å². The minimum atomic E-state index is -3.30. The maximum absolute atomic E-state index is 12.5. The summed E-state index contributed by atoms with van der Waals surface area (Å²) in [6.45, 7) is 2.06. The Kier molecular flexibility index (Phi) is 5.57. The van der Waals surface area contributed by atoms with Crippen molar-refractivity contribution in [1.29, 1.82) is 0 Å². The third kappa shape index (κ3) is 3.81. The van der Waals surface area contributed by atoms with E-state index in [1.54, 1.807) is 35.7 Å². The first-order valence-corrected chi connectivity index (χ1v) is 8.62. The molecule has 2 rings (SSSR count). The number of hydrogen-bond donors (Lipinski definition) is 0. The summed E-state index contributed by atoms with van der Waals surface area (Å²) in [4.78, 5) is 0.401. The Bertz CT molecular complexity index is 493. The number of methoxy groups -OCH3 is 1. The van der Waals surface area contributed by atoms with Crippen LogP contribution in [0.3, 0.4) is 0 Å². The monoisotopic (exact) mass is 297 g/mol. The average Bonchev–Trinajstić information content (AvgIpc) is 2.49. The first kappa shape index (κ1) is 15.5. The van der Waals surface area contributed by atoms with Gasteiger partial charge in [0.2, 0.25) is 10.0 Å². The third-order valence-electron chi connectivity index (χ3n) is 3.92. The van der Waals surface area contributed by atoms with Crippen molar-refractivity contribution in [3.8, 4) is 0 Å². The van der Waals surface area contributed by atoms with E-state index >= 15 is 0 Å². The van der Waals surface area contributed by atoms with Gasteiger partial charge in [0.1, 0.15) is 0 Å². The Labute approximate surface area is 121 Å². The molecule has 1 saturated heterocycles. The molecule has 0 radical (unpaired) electrons. The number of ether oxygens (including phenoxy) is 1. The van der Waals surface area contributed by atoms with Crippen LogP contribution < -0.4 is 0 Å². The van der Waals surface area contributed by atoms with Gasteiger partial charge >= 0.3 is 0 Å². The van der Waals surface area contributed by atoms with Crippen LogP contribution in [0.2, 0.25) is 0 Å². The standard InChI is InChI=1S/C15H23NO3S/c1-19-13-5-6-14-9-11-16(12-10-14)20(17,18)15-7-3-2-4-8-15/h2-4,7-8,14H,5-6,9-13H2,1H3. The predicted octanol–water partition coefficient (Wildman–Crippen LogP) is 2.51. The van der Waals surface area contributed by atoms with E-state index in [0.717, 1.165) is 32.3 Å². The van der Waals surface area contributed by atoms with Crippen molar-refractivity contribution >= 4 is 10.0 Å². The van der Waals surface area contributed by atoms with Crippen molar-refractivity contribution < 1.29 is 13.2 Å². The highest BCUT2D eigenvalue weighted by Gasteiger charge is 2.28. The lowest BCUT2D eigenvalue weighted by Crippen LogP contribution is -2.38. The summed E-state index contributed by atoms with van der Waals surface area (Å²) in [5, 5.41) is 0. The molecule has 4 nitrogen and oxygen atoms in total. The molecule has 0 aromatic heterocycles. The fourth-order valence-corrected chi connectivity index (χ4v) is 4.19. The molecule has 0 bridgehead atoms. The van der Waals surface area contributed by atoms with Crippen LogP contribution >= 0.6 is 0 Å². The highest BCUT2D eigenvalue weighted by Crippen LogP contribution is 2.26. The normalized spacial score (nSPS) is 18.2. The Hall–Kier alpha value is -0.910. The quantitative estimate of drug-likeness (QED) is 0.758. The van der Waals surface area contributed by atoms with E-state index in [4.69, 9.17) is 4.74 Å². The molecule has 1 aromatic carbocycles. The second-order valence-electron chi connectivity index (χ2n) is 5.30. The zero-order valence-corrected chi connectivity index (χ0v) is 12.8. The van der Waals surface area contributed by atoms with Gasteiger partial charge in [-0.2, -0.15) is 4.31 Å². The largest absolute Gasteiger partial charge is 0.385 e. The Morgan fingerprint density at radius 3 is 2.45 bits per heavy atom. The fraction of sp³-hybridized carbons (Fsp3) is 0.600. The SMILES string of the molecule is COCCCC1CCN(S(=O)(=O)c2ccccc2)CC1. The van der Waals surface area contributed by atoms with Gasteiger partial charge in [0.15, 0.2) is 0 Å². The van der Waals surface area contributed by atoms with Gasteiger partial charge in [-0.3, -0.25) is 0 Å². The predicted molar refractivity (Wildman–Crippen MR) is 79.0 cm³/mol. The molecule has 0 aliphatic carbocycles. The molecule has 20 heavy (non-hydrogen) atoms. The topological polar surface area (TPSA) is 46.6 Å². The molecule has 5 heteroatoms. The molecule has 1 fully saturated rings. The van der Waals surface area contributed by atoms with E-state index in [0.29, 0.717) is 23.9 Å². The highest BCUT2D eigenvalue weighted by atomic mass is 32.2. The molecular formula is C15H23NO3S. The number of rotatable bonds is 6. The number of nitrogens with zero attached hydrogens (tertiary/aromatic N) is 1. The van der Waals surface area contributed by atoms with Crippen LogP contribution in [0.5, 0.6) is 0 Å². The fourth-order valence-electron chi connectivity index (χ4n) is 2.70. The van der Waals surface area contributed by atoms with Gasteiger partial charge in [-0.1, -0.05) is 18.2 Å². The van der Waals surface area contributed by atoms with Crippen molar-refractivity contribution in [2.24, 2.45) is 5.92 Å². The summed E-state index contributed by atoms with van der Waals surface area (Å²) < 4.78 is 31.6. The summed E-state index contributed by atoms with van der Waals surface area (Å²) in [6, 6.07) is 8.70. The van der Waals surface area contributed by atoms with Gasteiger partial charge in [0.05, 0.1) is 4.90 Å². The van der Waals surface area contributed by atoms with Crippen molar-refractivity contribution in [1.82, 2.24) is 4.31 Å². The molecule has 0 amide bonds. The Balaban J connectivity index is 1.90. The minimum absolute atomic E-state index is 0.401. The van der Waals surface area contributed by atoms with Crippen molar-refractivity contribution in [3.05, 3.63) is 30.3 Å². The average molecular weight is 297 g/mol. The van der Waals surface area contributed by atoms with Gasteiger partial charge in [-0.15, -0.1) is 0 Å². The van der Waals surface area contributed by atoms with Crippen molar-refractivity contribution in [3.63, 3.8) is 0 Å². The lowest BCUT2D eigenvalue weighted by molar-refractivity contribution is 0.177. The summed E-state index contributed by atoms with van der Waals surface area (Å²) in [5.74, 6) is 0.632. The summed E-state index contributed by atoms with van der Waals surface area (Å²) in [5.41, 5.74) is 0. The molecule has 0 spiro atoms. The second kappa shape index (κ2) is 7.20. The van der Waals surface area contributed by atoms with E-state index < -0.39 is 10.0 Å². The number of hydrogen-bond acceptors (Lipinski definition) is 3. The van der Waals surface area contributed by atoms with Crippen LogP contribution in [-0.2, 0) is 14.8 Å². The third-order valence-corrected chi connectivity index (χ3v) is 5.83. The smallest absolute Gasteiger partial charge is 0.243 e. The summed E-state index contributed by atoms with van der Waals surface area (Å²) in [6.07, 6.45) is 4.10. The molecule has 1 aromatic rings. The van der Waals surface area contributed by atoms with E-state index in [2.05, 4.69) is 0 Å². The van der Waals surface area contributed by atoms with Crippen molar-refractivity contribution in [2.45, 2.75) is 30.6 Å². The molecule has 1 aliphatic heterocycles. The molecule has 1 heterocycles. The van der Waals surface area contributed by atoms with Crippen molar-refractivity contribution in [2.75, 3.05) is 26.8 Å². The van der Waals surface area contributed by atoms with E-state index in [1.807, 2.05) is 6.07 Å². The van der Waals surface area contributed by atoms with E-state index in [-0.39, 0.29) is 0 Å². The first-order valence-electron chi connectivity index (χ1n) is 7.18.